The second-order valence-electron chi connectivity index (χ2n) is 6.26. The van der Waals surface area contributed by atoms with Crippen LogP contribution in [0, 0.1) is 9.39 Å². The van der Waals surface area contributed by atoms with Crippen molar-refractivity contribution in [2.45, 2.75) is 13.5 Å². The van der Waals surface area contributed by atoms with Gasteiger partial charge in [0.15, 0.2) is 11.5 Å². The molecule has 0 atom stereocenters. The number of hydrazone groups is 1. The molecule has 1 amide bonds. The van der Waals surface area contributed by atoms with E-state index in [1.807, 2.05) is 25.1 Å². The third-order valence-electron chi connectivity index (χ3n) is 4.04. The van der Waals surface area contributed by atoms with Crippen molar-refractivity contribution in [3.05, 3.63) is 92.8 Å². The van der Waals surface area contributed by atoms with Gasteiger partial charge >= 0.3 is 0 Å². The highest BCUT2D eigenvalue weighted by atomic mass is 127. The molecule has 0 heterocycles. The molecule has 154 valence electrons. The minimum absolute atomic E-state index is 0.283. The number of carbonyl (C=O) groups excluding carboxylic acids is 1. The highest BCUT2D eigenvalue weighted by Crippen LogP contribution is 2.29. The molecule has 0 spiro atoms. The largest absolute Gasteiger partial charge is 0.490 e. The van der Waals surface area contributed by atoms with Gasteiger partial charge in [-0.25, -0.2) is 9.82 Å². The predicted molar refractivity (Wildman–Crippen MR) is 123 cm³/mol. The van der Waals surface area contributed by atoms with Gasteiger partial charge in [0, 0.05) is 9.13 Å². The number of nitrogens with zero attached hydrogens (tertiary/aromatic N) is 1. The first-order valence-electron chi connectivity index (χ1n) is 9.28. The van der Waals surface area contributed by atoms with Crippen LogP contribution in [0.25, 0.3) is 0 Å². The molecule has 0 saturated heterocycles. The Kier molecular flexibility index (Phi) is 7.78. The molecule has 0 aliphatic rings. The smallest absolute Gasteiger partial charge is 0.271 e. The maximum atomic E-state index is 13.0. The zero-order chi connectivity index (χ0) is 21.3. The number of ether oxygens (including phenoxy) is 2. The summed E-state index contributed by atoms with van der Waals surface area (Å²) < 4.78 is 25.5. The van der Waals surface area contributed by atoms with E-state index in [1.54, 1.807) is 36.4 Å². The minimum atomic E-state index is -0.286. The molecule has 3 aromatic carbocycles. The summed E-state index contributed by atoms with van der Waals surface area (Å²) in [5.41, 5.74) is 4.65. The standard InChI is InChI=1S/C23H20FIN2O3/c1-2-29-22-12-17(14-26-27-23(28)18-4-3-5-20(25)13-18)8-11-21(22)30-15-16-6-9-19(24)10-7-16/h3-14H,2,15H2,1H3,(H,27,28)/b26-14-. The quantitative estimate of drug-likeness (QED) is 0.254. The molecule has 0 aliphatic carbocycles. The Hall–Kier alpha value is -2.94. The van der Waals surface area contributed by atoms with Crippen LogP contribution < -0.4 is 14.9 Å². The van der Waals surface area contributed by atoms with Crippen LogP contribution in [-0.2, 0) is 6.61 Å². The average Bonchev–Trinajstić information content (AvgIpc) is 2.74. The van der Waals surface area contributed by atoms with Gasteiger partial charge in [0.05, 0.1) is 12.8 Å². The molecular weight excluding hydrogens is 498 g/mol. The van der Waals surface area contributed by atoms with Gasteiger partial charge in [-0.2, -0.15) is 5.10 Å². The molecule has 1 N–H and O–H groups in total. The minimum Gasteiger partial charge on any atom is -0.490 e. The number of hydrogen-bond acceptors (Lipinski definition) is 4. The van der Waals surface area contributed by atoms with E-state index < -0.39 is 0 Å². The molecule has 5 nitrogen and oxygen atoms in total. The zero-order valence-electron chi connectivity index (χ0n) is 16.3. The second kappa shape index (κ2) is 10.7. The predicted octanol–water partition coefficient (Wildman–Crippen LogP) is 5.17. The van der Waals surface area contributed by atoms with Gasteiger partial charge in [0.25, 0.3) is 5.91 Å². The number of rotatable bonds is 8. The summed E-state index contributed by atoms with van der Waals surface area (Å²) in [5.74, 6) is 0.564. The normalized spacial score (nSPS) is 10.8. The van der Waals surface area contributed by atoms with Gasteiger partial charge in [0.2, 0.25) is 0 Å². The van der Waals surface area contributed by atoms with E-state index in [-0.39, 0.29) is 11.7 Å². The summed E-state index contributed by atoms with van der Waals surface area (Å²) in [7, 11) is 0. The summed E-state index contributed by atoms with van der Waals surface area (Å²) in [6.45, 7) is 2.64. The van der Waals surface area contributed by atoms with Crippen LogP contribution in [0.4, 0.5) is 4.39 Å². The summed E-state index contributed by atoms with van der Waals surface area (Å²) in [6.07, 6.45) is 1.54. The molecule has 0 radical (unpaired) electrons. The van der Waals surface area contributed by atoms with Crippen molar-refractivity contribution in [3.63, 3.8) is 0 Å². The van der Waals surface area contributed by atoms with Crippen molar-refractivity contribution in [3.8, 4) is 11.5 Å². The summed E-state index contributed by atoms with van der Waals surface area (Å²) >= 11 is 2.15. The van der Waals surface area contributed by atoms with Gasteiger partial charge in [-0.05, 0) is 89.2 Å². The lowest BCUT2D eigenvalue weighted by Gasteiger charge is -2.12. The topological polar surface area (TPSA) is 59.9 Å². The van der Waals surface area contributed by atoms with Crippen LogP contribution in [-0.4, -0.2) is 18.7 Å². The fraction of sp³-hybridized carbons (Fsp3) is 0.130. The molecule has 0 bridgehead atoms. The van der Waals surface area contributed by atoms with Crippen molar-refractivity contribution >= 4 is 34.7 Å². The maximum Gasteiger partial charge on any atom is 0.271 e. The van der Waals surface area contributed by atoms with Crippen LogP contribution in [0.2, 0.25) is 0 Å². The van der Waals surface area contributed by atoms with Gasteiger partial charge in [-0.3, -0.25) is 4.79 Å². The first-order valence-corrected chi connectivity index (χ1v) is 10.4. The molecule has 3 rings (SSSR count). The first kappa shape index (κ1) is 21.8. The van der Waals surface area contributed by atoms with E-state index in [0.29, 0.717) is 30.3 Å². The van der Waals surface area contributed by atoms with Crippen LogP contribution >= 0.6 is 22.6 Å². The van der Waals surface area contributed by atoms with Crippen molar-refractivity contribution in [1.29, 1.82) is 0 Å². The third-order valence-corrected chi connectivity index (χ3v) is 4.71. The number of nitrogens with one attached hydrogen (secondary N) is 1. The third kappa shape index (κ3) is 6.28. The Bertz CT molecular complexity index is 1040. The lowest BCUT2D eigenvalue weighted by molar-refractivity contribution is 0.0955. The number of halogens is 2. The average molecular weight is 518 g/mol. The van der Waals surface area contributed by atoms with Gasteiger partial charge in [-0.1, -0.05) is 18.2 Å². The van der Waals surface area contributed by atoms with E-state index in [0.717, 1.165) is 14.7 Å². The SMILES string of the molecule is CCOc1cc(/C=N\NC(=O)c2cccc(I)c2)ccc1OCc1ccc(F)cc1. The van der Waals surface area contributed by atoms with Crippen molar-refractivity contribution < 1.29 is 18.7 Å². The molecule has 0 aromatic heterocycles. The monoisotopic (exact) mass is 518 g/mol. The van der Waals surface area contributed by atoms with E-state index in [9.17, 15) is 9.18 Å². The Morgan fingerprint density at radius 3 is 2.60 bits per heavy atom. The lowest BCUT2D eigenvalue weighted by atomic mass is 10.2. The Morgan fingerprint density at radius 1 is 1.07 bits per heavy atom. The van der Waals surface area contributed by atoms with Gasteiger partial charge < -0.3 is 9.47 Å². The number of benzene rings is 3. The molecular formula is C23H20FIN2O3. The van der Waals surface area contributed by atoms with Crippen molar-refractivity contribution in [1.82, 2.24) is 5.43 Å². The Morgan fingerprint density at radius 2 is 1.87 bits per heavy atom. The maximum absolute atomic E-state index is 13.0. The van der Waals surface area contributed by atoms with Crippen LogP contribution in [0.5, 0.6) is 11.5 Å². The molecule has 0 fully saturated rings. The second-order valence-corrected chi connectivity index (χ2v) is 7.51. The fourth-order valence-corrected chi connectivity index (χ4v) is 3.14. The highest BCUT2D eigenvalue weighted by molar-refractivity contribution is 14.1. The molecule has 0 aliphatic heterocycles. The molecule has 0 unspecified atom stereocenters. The van der Waals surface area contributed by atoms with E-state index in [2.05, 4.69) is 33.1 Å². The molecule has 30 heavy (non-hydrogen) atoms. The fourth-order valence-electron chi connectivity index (χ4n) is 2.59. The zero-order valence-corrected chi connectivity index (χ0v) is 18.4. The highest BCUT2D eigenvalue weighted by Gasteiger charge is 2.08. The van der Waals surface area contributed by atoms with Gasteiger partial charge in [0.1, 0.15) is 12.4 Å². The van der Waals surface area contributed by atoms with Gasteiger partial charge in [-0.15, -0.1) is 0 Å². The number of amides is 1. The van der Waals surface area contributed by atoms with E-state index in [1.165, 1.54) is 18.3 Å². The van der Waals surface area contributed by atoms with Crippen LogP contribution in [0.15, 0.2) is 71.8 Å². The van der Waals surface area contributed by atoms with E-state index >= 15 is 0 Å². The lowest BCUT2D eigenvalue weighted by Crippen LogP contribution is -2.17. The Labute approximate surface area is 188 Å². The van der Waals surface area contributed by atoms with E-state index in [4.69, 9.17) is 9.47 Å². The Balaban J connectivity index is 1.65. The summed E-state index contributed by atoms with van der Waals surface area (Å²) in [4.78, 5) is 12.2. The van der Waals surface area contributed by atoms with Crippen molar-refractivity contribution in [2.24, 2.45) is 5.10 Å². The molecule has 0 saturated carbocycles. The van der Waals surface area contributed by atoms with Crippen LogP contribution in [0.3, 0.4) is 0 Å². The first-order chi connectivity index (χ1) is 14.5. The molecule has 3 aromatic rings. The van der Waals surface area contributed by atoms with Crippen molar-refractivity contribution in [2.75, 3.05) is 6.61 Å². The number of hydrogen-bond donors (Lipinski definition) is 1. The summed E-state index contributed by atoms with van der Waals surface area (Å²) in [6, 6.07) is 18.7. The molecule has 7 heteroatoms. The summed E-state index contributed by atoms with van der Waals surface area (Å²) in [5, 5.41) is 4.02. The van der Waals surface area contributed by atoms with Crippen LogP contribution in [0.1, 0.15) is 28.4 Å². The number of carbonyl (C=O) groups is 1.